The van der Waals surface area contributed by atoms with E-state index < -0.39 is 15.1 Å². The van der Waals surface area contributed by atoms with Crippen LogP contribution in [0.15, 0.2) is 53.4 Å². The van der Waals surface area contributed by atoms with Gasteiger partial charge in [0.2, 0.25) is 9.84 Å². The zero-order valence-electron chi connectivity index (χ0n) is 17.1. The molecule has 0 N–H and O–H groups in total. The molecule has 3 atom stereocenters. The number of nitriles is 1. The van der Waals surface area contributed by atoms with E-state index in [0.717, 1.165) is 0 Å². The number of hydrogen-bond acceptors (Lipinski definition) is 7. The van der Waals surface area contributed by atoms with Gasteiger partial charge in [0.1, 0.15) is 5.69 Å². The fourth-order valence-electron chi connectivity index (χ4n) is 3.82. The summed E-state index contributed by atoms with van der Waals surface area (Å²) in [5, 5.41) is 8.71. The number of morpholine rings is 1. The largest absolute Gasteiger partial charge is 0.372 e. The van der Waals surface area contributed by atoms with Crippen molar-refractivity contribution in [2.24, 2.45) is 0 Å². The number of sulfone groups is 1. The minimum absolute atomic E-state index is 0.0313. The highest BCUT2D eigenvalue weighted by Gasteiger charge is 2.36. The zero-order chi connectivity index (χ0) is 22.2. The lowest BCUT2D eigenvalue weighted by molar-refractivity contribution is -0.00550. The number of halogens is 1. The van der Waals surface area contributed by atoms with E-state index in [1.807, 2.05) is 36.9 Å². The number of benzene rings is 2. The molecule has 160 valence electrons. The maximum absolute atomic E-state index is 13.4. The average Bonchev–Trinajstić information content (AvgIpc) is 2.73. The molecule has 1 saturated heterocycles. The lowest BCUT2D eigenvalue weighted by Gasteiger charge is -2.37. The van der Waals surface area contributed by atoms with Crippen LogP contribution in [0.1, 0.15) is 24.8 Å². The van der Waals surface area contributed by atoms with Gasteiger partial charge in [0.25, 0.3) is 0 Å². The van der Waals surface area contributed by atoms with E-state index in [1.54, 1.807) is 24.3 Å². The Hall–Kier alpha value is -2.73. The SMILES string of the molecule is C[C@@H]1CN(c2nc3ccccc3nc2[C@H](C#N)S(=O)(=O)c2cccc(Cl)c2)C[C@H](C)O1. The first-order valence-electron chi connectivity index (χ1n) is 9.85. The molecule has 1 aliphatic rings. The number of para-hydroxylation sites is 2. The van der Waals surface area contributed by atoms with Crippen molar-refractivity contribution in [3.63, 3.8) is 0 Å². The van der Waals surface area contributed by atoms with E-state index in [1.165, 1.54) is 12.1 Å². The molecule has 2 heterocycles. The maximum Gasteiger partial charge on any atom is 0.200 e. The standard InChI is InChI=1S/C22H21ClN4O3S/c1-14-12-27(13-15(2)30-14)22-21(25-18-8-3-4-9-19(18)26-22)20(11-24)31(28,29)17-7-5-6-16(23)10-17/h3-10,14-15,20H,12-13H2,1-2H3/t14-,15+,20-/m0/s1. The second-order valence-electron chi connectivity index (χ2n) is 7.59. The molecule has 4 rings (SSSR count). The Balaban J connectivity index is 1.91. The summed E-state index contributed by atoms with van der Waals surface area (Å²) in [4.78, 5) is 11.3. The minimum atomic E-state index is -4.09. The molecule has 1 aliphatic heterocycles. The highest BCUT2D eigenvalue weighted by molar-refractivity contribution is 7.92. The van der Waals surface area contributed by atoms with Crippen molar-refractivity contribution in [1.29, 1.82) is 5.26 Å². The topological polar surface area (TPSA) is 96.2 Å². The summed E-state index contributed by atoms with van der Waals surface area (Å²) >= 11 is 6.01. The van der Waals surface area contributed by atoms with Gasteiger partial charge in [0, 0.05) is 18.1 Å². The van der Waals surface area contributed by atoms with Gasteiger partial charge in [-0.1, -0.05) is 29.8 Å². The number of anilines is 1. The van der Waals surface area contributed by atoms with E-state index in [4.69, 9.17) is 21.3 Å². The molecule has 0 amide bonds. The van der Waals surface area contributed by atoms with E-state index in [-0.39, 0.29) is 27.8 Å². The van der Waals surface area contributed by atoms with Gasteiger partial charge in [-0.25, -0.2) is 18.4 Å². The minimum Gasteiger partial charge on any atom is -0.372 e. The molecule has 0 saturated carbocycles. The third kappa shape index (κ3) is 4.22. The van der Waals surface area contributed by atoms with Gasteiger partial charge in [0.15, 0.2) is 11.1 Å². The summed E-state index contributed by atoms with van der Waals surface area (Å²) in [5.41, 5.74) is 1.27. The zero-order valence-corrected chi connectivity index (χ0v) is 18.6. The van der Waals surface area contributed by atoms with Gasteiger partial charge in [-0.3, -0.25) is 0 Å². The Kier molecular flexibility index (Phi) is 5.84. The van der Waals surface area contributed by atoms with Crippen LogP contribution in [0.2, 0.25) is 5.02 Å². The molecule has 0 spiro atoms. The van der Waals surface area contributed by atoms with E-state index >= 15 is 0 Å². The van der Waals surface area contributed by atoms with E-state index in [0.29, 0.717) is 29.9 Å². The number of hydrogen-bond donors (Lipinski definition) is 0. The number of nitrogens with zero attached hydrogens (tertiary/aromatic N) is 4. The molecular weight excluding hydrogens is 436 g/mol. The molecule has 1 aromatic heterocycles. The summed E-state index contributed by atoms with van der Waals surface area (Å²) in [5.74, 6) is 0.387. The molecule has 3 aromatic rings. The fourth-order valence-corrected chi connectivity index (χ4v) is 5.50. The third-order valence-corrected chi connectivity index (χ3v) is 7.19. The maximum atomic E-state index is 13.4. The van der Waals surface area contributed by atoms with Crippen LogP contribution in [0.25, 0.3) is 11.0 Å². The van der Waals surface area contributed by atoms with Crippen LogP contribution in [0.5, 0.6) is 0 Å². The molecule has 0 radical (unpaired) electrons. The molecule has 0 bridgehead atoms. The highest BCUT2D eigenvalue weighted by atomic mass is 35.5. The fraction of sp³-hybridized carbons (Fsp3) is 0.318. The molecule has 31 heavy (non-hydrogen) atoms. The van der Waals surface area contributed by atoms with Crippen molar-refractivity contribution < 1.29 is 13.2 Å². The first-order chi connectivity index (χ1) is 14.8. The number of aromatic nitrogens is 2. The van der Waals surface area contributed by atoms with Crippen LogP contribution in [0.3, 0.4) is 0 Å². The molecule has 0 unspecified atom stereocenters. The van der Waals surface area contributed by atoms with Crippen LogP contribution in [0.4, 0.5) is 5.82 Å². The van der Waals surface area contributed by atoms with Gasteiger partial charge in [-0.05, 0) is 44.2 Å². The lowest BCUT2D eigenvalue weighted by Crippen LogP contribution is -2.46. The Morgan fingerprint density at radius 3 is 2.35 bits per heavy atom. The van der Waals surface area contributed by atoms with Crippen LogP contribution in [-0.2, 0) is 14.6 Å². The summed E-state index contributed by atoms with van der Waals surface area (Å²) in [7, 11) is -4.09. The predicted octanol–water partition coefficient (Wildman–Crippen LogP) is 3.94. The number of rotatable bonds is 4. The van der Waals surface area contributed by atoms with Crippen molar-refractivity contribution in [3.8, 4) is 6.07 Å². The summed E-state index contributed by atoms with van der Waals surface area (Å²) in [6, 6.07) is 15.1. The number of ether oxygens (including phenoxy) is 1. The Bertz CT molecular complexity index is 1270. The Morgan fingerprint density at radius 2 is 1.74 bits per heavy atom. The normalized spacial score (nSPS) is 20.4. The molecule has 1 fully saturated rings. The highest BCUT2D eigenvalue weighted by Crippen LogP contribution is 2.35. The van der Waals surface area contributed by atoms with Gasteiger partial charge in [-0.15, -0.1) is 0 Å². The Morgan fingerprint density at radius 1 is 1.10 bits per heavy atom. The number of fused-ring (bicyclic) bond motifs is 1. The average molecular weight is 457 g/mol. The quantitative estimate of drug-likeness (QED) is 0.586. The smallest absolute Gasteiger partial charge is 0.200 e. The van der Waals surface area contributed by atoms with Gasteiger partial charge < -0.3 is 9.64 Å². The van der Waals surface area contributed by atoms with Crippen molar-refractivity contribution in [2.75, 3.05) is 18.0 Å². The second-order valence-corrected chi connectivity index (χ2v) is 10.1. The van der Waals surface area contributed by atoms with Crippen molar-refractivity contribution in [2.45, 2.75) is 36.2 Å². The van der Waals surface area contributed by atoms with Crippen molar-refractivity contribution in [1.82, 2.24) is 9.97 Å². The summed E-state index contributed by atoms with van der Waals surface area (Å²) in [6.07, 6.45) is -0.148. The molecule has 9 heteroatoms. The molecule has 2 aromatic carbocycles. The van der Waals surface area contributed by atoms with Gasteiger partial charge in [-0.2, -0.15) is 5.26 Å². The van der Waals surface area contributed by atoms with E-state index in [9.17, 15) is 13.7 Å². The van der Waals surface area contributed by atoms with Crippen LogP contribution >= 0.6 is 11.6 Å². The lowest BCUT2D eigenvalue weighted by atomic mass is 10.2. The van der Waals surface area contributed by atoms with Gasteiger partial charge >= 0.3 is 0 Å². The van der Waals surface area contributed by atoms with Gasteiger partial charge in [0.05, 0.1) is 34.2 Å². The summed E-state index contributed by atoms with van der Waals surface area (Å²) < 4.78 is 32.7. The molecular formula is C22H21ClN4O3S. The predicted molar refractivity (Wildman–Crippen MR) is 119 cm³/mol. The monoisotopic (exact) mass is 456 g/mol. The second kappa shape index (κ2) is 8.42. The first-order valence-corrected chi connectivity index (χ1v) is 11.8. The van der Waals surface area contributed by atoms with Crippen LogP contribution < -0.4 is 4.90 Å². The molecule has 7 nitrogen and oxygen atoms in total. The van der Waals surface area contributed by atoms with Crippen molar-refractivity contribution >= 4 is 38.3 Å². The first kappa shape index (κ1) is 21.5. The van der Waals surface area contributed by atoms with Crippen LogP contribution in [0, 0.1) is 11.3 Å². The van der Waals surface area contributed by atoms with Crippen LogP contribution in [-0.4, -0.2) is 43.7 Å². The molecule has 0 aliphatic carbocycles. The van der Waals surface area contributed by atoms with Crippen molar-refractivity contribution in [3.05, 3.63) is 59.2 Å². The third-order valence-electron chi connectivity index (χ3n) is 5.10. The van der Waals surface area contributed by atoms with E-state index in [2.05, 4.69) is 4.98 Å². The Labute approximate surface area is 186 Å². The summed E-state index contributed by atoms with van der Waals surface area (Å²) in [6.45, 7) is 4.92.